The van der Waals surface area contributed by atoms with Gasteiger partial charge in [-0.15, -0.1) is 0 Å². The smallest absolute Gasteiger partial charge is 0.407 e. The Morgan fingerprint density at radius 3 is 2.68 bits per heavy atom. The van der Waals surface area contributed by atoms with Gasteiger partial charge in [0, 0.05) is 12.7 Å². The average Bonchev–Trinajstić information content (AvgIpc) is 2.89. The molecule has 1 rings (SSSR count). The Labute approximate surface area is 128 Å². The fourth-order valence-electron chi connectivity index (χ4n) is 1.51. The number of nitrogens with one attached hydrogen (secondary N) is 1. The van der Waals surface area contributed by atoms with Crippen molar-refractivity contribution >= 4 is 12.1 Å². The summed E-state index contributed by atoms with van der Waals surface area (Å²) in [5, 5.41) is 6.37. The van der Waals surface area contributed by atoms with Crippen molar-refractivity contribution in [3.8, 4) is 0 Å². The van der Waals surface area contributed by atoms with Crippen molar-refractivity contribution in [2.75, 3.05) is 13.7 Å². The van der Waals surface area contributed by atoms with E-state index in [1.165, 1.54) is 24.2 Å². The van der Waals surface area contributed by atoms with E-state index in [1.807, 2.05) is 0 Å². The number of halogens is 1. The predicted molar refractivity (Wildman–Crippen MR) is 77.0 cm³/mol. The molecule has 1 heterocycles. The lowest BCUT2D eigenvalue weighted by Gasteiger charge is -2.20. The van der Waals surface area contributed by atoms with E-state index in [0.29, 0.717) is 6.33 Å². The molecule has 0 spiro atoms. The number of hydrogen-bond donors (Lipinski definition) is 1. The van der Waals surface area contributed by atoms with Gasteiger partial charge in [-0.1, -0.05) is 0 Å². The third kappa shape index (κ3) is 5.94. The molecule has 1 amide bonds. The van der Waals surface area contributed by atoms with Gasteiger partial charge in [-0.05, 0) is 26.3 Å². The van der Waals surface area contributed by atoms with Crippen molar-refractivity contribution in [3.05, 3.63) is 29.9 Å². The van der Waals surface area contributed by atoms with Crippen LogP contribution in [0, 0.1) is 0 Å². The lowest BCUT2D eigenvalue weighted by molar-refractivity contribution is 0.0530. The monoisotopic (exact) mass is 313 g/mol. The summed E-state index contributed by atoms with van der Waals surface area (Å²) in [6, 6.07) is 0. The summed E-state index contributed by atoms with van der Waals surface area (Å²) in [6.07, 6.45) is 2.51. The Bertz CT molecular complexity index is 561. The van der Waals surface area contributed by atoms with Crippen molar-refractivity contribution in [2.24, 2.45) is 0 Å². The van der Waals surface area contributed by atoms with Gasteiger partial charge < -0.3 is 14.8 Å². The van der Waals surface area contributed by atoms with Gasteiger partial charge in [0.05, 0.1) is 31.7 Å². The number of methoxy groups -OCH3 is 1. The molecule has 7 nitrogen and oxygen atoms in total. The fourth-order valence-corrected chi connectivity index (χ4v) is 1.51. The molecule has 1 aromatic heterocycles. The van der Waals surface area contributed by atoms with Gasteiger partial charge in [0.1, 0.15) is 5.60 Å². The lowest BCUT2D eigenvalue weighted by Crippen LogP contribution is -2.34. The Morgan fingerprint density at radius 2 is 2.14 bits per heavy atom. The van der Waals surface area contributed by atoms with E-state index in [2.05, 4.69) is 15.2 Å². The Morgan fingerprint density at radius 1 is 1.45 bits per heavy atom. The first-order valence-corrected chi connectivity index (χ1v) is 6.61. The van der Waals surface area contributed by atoms with Gasteiger partial charge in [-0.2, -0.15) is 5.10 Å². The Balaban J connectivity index is 2.54. The van der Waals surface area contributed by atoms with E-state index in [-0.39, 0.29) is 24.2 Å². The summed E-state index contributed by atoms with van der Waals surface area (Å²) in [5.74, 6) is -0.524. The SMILES string of the molecule is COC(=O)c1cnn(C/C(=C/F)CNC(=O)OC(C)(C)C)c1. The van der Waals surface area contributed by atoms with Gasteiger partial charge in [0.2, 0.25) is 0 Å². The third-order valence-corrected chi connectivity index (χ3v) is 2.43. The first kappa shape index (κ1) is 17.7. The zero-order valence-electron chi connectivity index (χ0n) is 13.1. The largest absolute Gasteiger partial charge is 0.465 e. The molecule has 122 valence electrons. The quantitative estimate of drug-likeness (QED) is 0.841. The van der Waals surface area contributed by atoms with E-state index >= 15 is 0 Å². The maximum Gasteiger partial charge on any atom is 0.407 e. The summed E-state index contributed by atoms with van der Waals surface area (Å²) in [6.45, 7) is 5.26. The zero-order valence-corrected chi connectivity index (χ0v) is 13.1. The topological polar surface area (TPSA) is 82.5 Å². The molecule has 0 saturated carbocycles. The van der Waals surface area contributed by atoms with Crippen LogP contribution < -0.4 is 5.32 Å². The molecule has 1 aromatic rings. The van der Waals surface area contributed by atoms with Crippen molar-refractivity contribution in [3.63, 3.8) is 0 Å². The summed E-state index contributed by atoms with van der Waals surface area (Å²) in [7, 11) is 1.26. The molecule has 0 aliphatic carbocycles. The zero-order chi connectivity index (χ0) is 16.8. The number of rotatable bonds is 5. The van der Waals surface area contributed by atoms with Crippen molar-refractivity contribution in [1.82, 2.24) is 15.1 Å². The van der Waals surface area contributed by atoms with Crippen LogP contribution in [0.5, 0.6) is 0 Å². The number of amides is 1. The highest BCUT2D eigenvalue weighted by Crippen LogP contribution is 2.07. The molecular weight excluding hydrogens is 293 g/mol. The number of aromatic nitrogens is 2. The van der Waals surface area contributed by atoms with Crippen LogP contribution in [0.4, 0.5) is 9.18 Å². The second-order valence-corrected chi connectivity index (χ2v) is 5.54. The minimum atomic E-state index is -0.637. The molecule has 0 aliphatic rings. The fraction of sp³-hybridized carbons (Fsp3) is 0.500. The number of nitrogens with zero attached hydrogens (tertiary/aromatic N) is 2. The average molecular weight is 313 g/mol. The maximum atomic E-state index is 12.9. The van der Waals surface area contributed by atoms with Crippen molar-refractivity contribution in [1.29, 1.82) is 0 Å². The molecule has 0 aromatic carbocycles. The van der Waals surface area contributed by atoms with Crippen LogP contribution in [0.25, 0.3) is 0 Å². The lowest BCUT2D eigenvalue weighted by atomic mass is 10.2. The molecule has 8 heteroatoms. The molecule has 1 N–H and O–H groups in total. The molecule has 0 bridgehead atoms. The molecule has 0 radical (unpaired) electrons. The standard InChI is InChI=1S/C14H20FN3O4/c1-14(2,3)22-13(20)16-6-10(5-15)8-18-9-11(7-17-18)12(19)21-4/h5,7,9H,6,8H2,1-4H3,(H,16,20)/b10-5+. The van der Waals surface area contributed by atoms with Crippen LogP contribution >= 0.6 is 0 Å². The summed E-state index contributed by atoms with van der Waals surface area (Å²) in [5.41, 5.74) is -0.0904. The highest BCUT2D eigenvalue weighted by atomic mass is 19.1. The van der Waals surface area contributed by atoms with E-state index in [9.17, 15) is 14.0 Å². The van der Waals surface area contributed by atoms with Gasteiger partial charge in [-0.25, -0.2) is 14.0 Å². The normalized spacial score (nSPS) is 12.0. The number of carbonyl (C=O) groups excluding carboxylic acids is 2. The first-order valence-electron chi connectivity index (χ1n) is 6.61. The van der Waals surface area contributed by atoms with Crippen LogP contribution in [0.3, 0.4) is 0 Å². The Hall–Kier alpha value is -2.38. The van der Waals surface area contributed by atoms with Crippen LogP contribution in [0.2, 0.25) is 0 Å². The van der Waals surface area contributed by atoms with Crippen LogP contribution in [0.1, 0.15) is 31.1 Å². The molecule has 0 fully saturated rings. The van der Waals surface area contributed by atoms with Gasteiger partial charge in [0.15, 0.2) is 0 Å². The summed E-state index contributed by atoms with van der Waals surface area (Å²) >= 11 is 0. The summed E-state index contributed by atoms with van der Waals surface area (Å²) in [4.78, 5) is 22.8. The maximum absolute atomic E-state index is 12.9. The van der Waals surface area contributed by atoms with Crippen LogP contribution in [-0.4, -0.2) is 41.1 Å². The molecular formula is C14H20FN3O4. The minimum absolute atomic E-state index is 0.0289. The molecule has 0 unspecified atom stereocenters. The molecule has 22 heavy (non-hydrogen) atoms. The highest BCUT2D eigenvalue weighted by molar-refractivity contribution is 5.88. The van der Waals surface area contributed by atoms with Gasteiger partial charge >= 0.3 is 12.1 Å². The van der Waals surface area contributed by atoms with E-state index in [4.69, 9.17) is 4.74 Å². The number of carbonyl (C=O) groups is 2. The number of esters is 1. The second kappa shape index (κ2) is 7.58. The van der Waals surface area contributed by atoms with Crippen molar-refractivity contribution in [2.45, 2.75) is 32.9 Å². The predicted octanol–water partition coefficient (Wildman–Crippen LogP) is 2.05. The summed E-state index contributed by atoms with van der Waals surface area (Å²) < 4.78 is 23.8. The molecule has 0 aliphatic heterocycles. The minimum Gasteiger partial charge on any atom is -0.465 e. The van der Waals surface area contributed by atoms with E-state index < -0.39 is 17.7 Å². The number of hydrogen-bond acceptors (Lipinski definition) is 5. The second-order valence-electron chi connectivity index (χ2n) is 5.54. The highest BCUT2D eigenvalue weighted by Gasteiger charge is 2.16. The van der Waals surface area contributed by atoms with E-state index in [1.54, 1.807) is 20.8 Å². The molecule has 0 saturated heterocycles. The number of alkyl carbamates (subject to hydrolysis) is 1. The van der Waals surface area contributed by atoms with Gasteiger partial charge in [0.25, 0.3) is 0 Å². The van der Waals surface area contributed by atoms with Gasteiger partial charge in [-0.3, -0.25) is 4.68 Å². The Kier molecular flexibility index (Phi) is 6.09. The van der Waals surface area contributed by atoms with E-state index in [0.717, 1.165) is 0 Å². The number of ether oxygens (including phenoxy) is 2. The third-order valence-electron chi connectivity index (χ3n) is 2.43. The molecule has 0 atom stereocenters. The van der Waals surface area contributed by atoms with Crippen LogP contribution in [-0.2, 0) is 16.0 Å². The van der Waals surface area contributed by atoms with Crippen molar-refractivity contribution < 1.29 is 23.5 Å². The van der Waals surface area contributed by atoms with Crippen LogP contribution in [0.15, 0.2) is 24.3 Å². The first-order chi connectivity index (χ1) is 10.2.